The van der Waals surface area contributed by atoms with Crippen LogP contribution in [0.5, 0.6) is 5.75 Å². The molecule has 1 aliphatic heterocycles. The molecule has 1 aromatic heterocycles. The molecule has 4 rings (SSSR count). The SMILES string of the molecule is COc1ccc(C)c2sc(N(CCCN3CCOCC3)C(=O)c3ccc(Cl)cc3Cl)nc12. The maximum Gasteiger partial charge on any atom is 0.261 e. The number of aryl methyl sites for hydroxylation is 1. The lowest BCUT2D eigenvalue weighted by Gasteiger charge is -2.27. The van der Waals surface area contributed by atoms with Crippen LogP contribution in [0.2, 0.25) is 10.0 Å². The monoisotopic (exact) mass is 493 g/mol. The fourth-order valence-electron chi connectivity index (χ4n) is 3.75. The Morgan fingerprint density at radius 1 is 1.25 bits per heavy atom. The van der Waals surface area contributed by atoms with Gasteiger partial charge in [-0.25, -0.2) is 4.98 Å². The Balaban J connectivity index is 1.65. The van der Waals surface area contributed by atoms with Gasteiger partial charge in [0.05, 0.1) is 35.6 Å². The van der Waals surface area contributed by atoms with E-state index < -0.39 is 0 Å². The van der Waals surface area contributed by atoms with E-state index in [4.69, 9.17) is 37.7 Å². The lowest BCUT2D eigenvalue weighted by Crippen LogP contribution is -2.39. The molecule has 1 aliphatic rings. The zero-order valence-corrected chi connectivity index (χ0v) is 20.4. The van der Waals surface area contributed by atoms with Crippen molar-refractivity contribution in [2.45, 2.75) is 13.3 Å². The summed E-state index contributed by atoms with van der Waals surface area (Å²) < 4.78 is 11.9. The quantitative estimate of drug-likeness (QED) is 0.447. The van der Waals surface area contributed by atoms with Gasteiger partial charge in [-0.2, -0.15) is 0 Å². The number of anilines is 1. The number of carbonyl (C=O) groups excluding carboxylic acids is 1. The number of hydrogen-bond acceptors (Lipinski definition) is 6. The molecule has 0 radical (unpaired) electrons. The molecule has 32 heavy (non-hydrogen) atoms. The first-order valence-corrected chi connectivity index (χ1v) is 12.1. The third-order valence-corrected chi connectivity index (χ3v) is 7.27. The smallest absolute Gasteiger partial charge is 0.261 e. The van der Waals surface area contributed by atoms with Crippen molar-refractivity contribution < 1.29 is 14.3 Å². The number of halogens is 2. The minimum absolute atomic E-state index is 0.190. The second kappa shape index (κ2) is 10.4. The summed E-state index contributed by atoms with van der Waals surface area (Å²) in [7, 11) is 1.63. The first kappa shape index (κ1) is 23.3. The molecular weight excluding hydrogens is 469 g/mol. The maximum atomic E-state index is 13.6. The minimum Gasteiger partial charge on any atom is -0.494 e. The number of amides is 1. The van der Waals surface area contributed by atoms with Gasteiger partial charge in [0.2, 0.25) is 0 Å². The summed E-state index contributed by atoms with van der Waals surface area (Å²) in [6.07, 6.45) is 0.809. The number of benzene rings is 2. The largest absolute Gasteiger partial charge is 0.494 e. The number of hydrogen-bond donors (Lipinski definition) is 0. The van der Waals surface area contributed by atoms with E-state index in [1.54, 1.807) is 30.2 Å². The van der Waals surface area contributed by atoms with Gasteiger partial charge in [-0.3, -0.25) is 14.6 Å². The van der Waals surface area contributed by atoms with Crippen LogP contribution < -0.4 is 9.64 Å². The van der Waals surface area contributed by atoms with Crippen LogP contribution in [0.1, 0.15) is 22.3 Å². The Morgan fingerprint density at radius 2 is 2.03 bits per heavy atom. The van der Waals surface area contributed by atoms with E-state index in [1.807, 2.05) is 19.1 Å². The summed E-state index contributed by atoms with van der Waals surface area (Å²) in [5, 5.41) is 1.45. The molecule has 0 unspecified atom stereocenters. The Hall–Kier alpha value is -1.90. The number of carbonyl (C=O) groups is 1. The van der Waals surface area contributed by atoms with Crippen molar-refractivity contribution >= 4 is 55.8 Å². The predicted molar refractivity (Wildman–Crippen MR) is 131 cm³/mol. The summed E-state index contributed by atoms with van der Waals surface area (Å²) in [5.41, 5.74) is 2.26. The van der Waals surface area contributed by atoms with Gasteiger partial charge in [-0.1, -0.05) is 40.6 Å². The van der Waals surface area contributed by atoms with Crippen LogP contribution in [0.3, 0.4) is 0 Å². The first-order chi connectivity index (χ1) is 15.5. The zero-order chi connectivity index (χ0) is 22.7. The van der Waals surface area contributed by atoms with E-state index in [0.717, 1.165) is 55.0 Å². The fourth-order valence-corrected chi connectivity index (χ4v) is 5.31. The molecule has 9 heteroatoms. The van der Waals surface area contributed by atoms with E-state index >= 15 is 0 Å². The highest BCUT2D eigenvalue weighted by molar-refractivity contribution is 7.22. The number of methoxy groups -OCH3 is 1. The van der Waals surface area contributed by atoms with Gasteiger partial charge in [-0.15, -0.1) is 0 Å². The third-order valence-electron chi connectivity index (χ3n) is 5.51. The summed E-state index contributed by atoms with van der Waals surface area (Å²) in [4.78, 5) is 22.5. The molecule has 0 saturated carbocycles. The van der Waals surface area contributed by atoms with Gasteiger partial charge >= 0.3 is 0 Å². The van der Waals surface area contributed by atoms with Crippen LogP contribution in [-0.4, -0.2) is 62.3 Å². The Labute approximate surface area is 201 Å². The second-order valence-corrected chi connectivity index (χ2v) is 9.47. The number of nitrogens with zero attached hydrogens (tertiary/aromatic N) is 3. The molecule has 2 aromatic carbocycles. The minimum atomic E-state index is -0.190. The molecule has 1 fully saturated rings. The maximum absolute atomic E-state index is 13.6. The molecule has 0 spiro atoms. The molecule has 0 aliphatic carbocycles. The fraction of sp³-hybridized carbons (Fsp3) is 0.391. The van der Waals surface area contributed by atoms with Crippen molar-refractivity contribution in [3.8, 4) is 5.75 Å². The van der Waals surface area contributed by atoms with Crippen LogP contribution in [0.15, 0.2) is 30.3 Å². The molecule has 1 saturated heterocycles. The molecule has 0 atom stereocenters. The Kier molecular flexibility index (Phi) is 7.53. The summed E-state index contributed by atoms with van der Waals surface area (Å²) in [6, 6.07) is 8.85. The van der Waals surface area contributed by atoms with Crippen LogP contribution in [-0.2, 0) is 4.74 Å². The average molecular weight is 494 g/mol. The number of thiazole rings is 1. The van der Waals surface area contributed by atoms with Gasteiger partial charge in [0.15, 0.2) is 5.13 Å². The lowest BCUT2D eigenvalue weighted by atomic mass is 10.2. The van der Waals surface area contributed by atoms with Crippen molar-refractivity contribution in [2.75, 3.05) is 51.4 Å². The number of fused-ring (bicyclic) bond motifs is 1. The zero-order valence-electron chi connectivity index (χ0n) is 18.1. The van der Waals surface area contributed by atoms with Gasteiger partial charge in [0.25, 0.3) is 5.91 Å². The number of rotatable bonds is 7. The van der Waals surface area contributed by atoms with Gasteiger partial charge in [0.1, 0.15) is 11.3 Å². The van der Waals surface area contributed by atoms with Gasteiger partial charge < -0.3 is 9.47 Å². The Bertz CT molecular complexity index is 1120. The van der Waals surface area contributed by atoms with Crippen molar-refractivity contribution in [2.24, 2.45) is 0 Å². The summed E-state index contributed by atoms with van der Waals surface area (Å²) in [5.74, 6) is 0.502. The molecule has 1 amide bonds. The van der Waals surface area contributed by atoms with Gasteiger partial charge in [-0.05, 0) is 43.2 Å². The second-order valence-electron chi connectivity index (χ2n) is 7.65. The molecule has 0 N–H and O–H groups in total. The first-order valence-electron chi connectivity index (χ1n) is 10.5. The highest BCUT2D eigenvalue weighted by atomic mass is 35.5. The van der Waals surface area contributed by atoms with Crippen LogP contribution in [0.4, 0.5) is 5.13 Å². The topological polar surface area (TPSA) is 54.9 Å². The van der Waals surface area contributed by atoms with E-state index in [9.17, 15) is 4.79 Å². The highest BCUT2D eigenvalue weighted by Crippen LogP contribution is 2.37. The predicted octanol–water partition coefficient (Wildman–Crippen LogP) is 5.29. The molecule has 2 heterocycles. The average Bonchev–Trinajstić information content (AvgIpc) is 3.23. The van der Waals surface area contributed by atoms with Crippen molar-refractivity contribution in [1.82, 2.24) is 9.88 Å². The molecule has 0 bridgehead atoms. The van der Waals surface area contributed by atoms with E-state index in [1.165, 1.54) is 11.3 Å². The molecule has 3 aromatic rings. The van der Waals surface area contributed by atoms with Crippen molar-refractivity contribution in [1.29, 1.82) is 0 Å². The number of morpholine rings is 1. The van der Waals surface area contributed by atoms with Crippen LogP contribution >= 0.6 is 34.5 Å². The van der Waals surface area contributed by atoms with Crippen LogP contribution in [0.25, 0.3) is 10.2 Å². The normalized spacial score (nSPS) is 14.6. The number of ether oxygens (including phenoxy) is 2. The van der Waals surface area contributed by atoms with Crippen LogP contribution in [0, 0.1) is 6.92 Å². The Morgan fingerprint density at radius 3 is 2.75 bits per heavy atom. The van der Waals surface area contributed by atoms with Crippen molar-refractivity contribution in [3.63, 3.8) is 0 Å². The highest BCUT2D eigenvalue weighted by Gasteiger charge is 2.25. The summed E-state index contributed by atoms with van der Waals surface area (Å²) >= 11 is 13.9. The van der Waals surface area contributed by atoms with Gasteiger partial charge in [0, 0.05) is 31.2 Å². The van der Waals surface area contributed by atoms with Crippen molar-refractivity contribution in [3.05, 3.63) is 51.5 Å². The molecular formula is C23H25Cl2N3O3S. The molecule has 6 nitrogen and oxygen atoms in total. The number of aromatic nitrogens is 1. The lowest BCUT2D eigenvalue weighted by molar-refractivity contribution is 0.0376. The standard InChI is InChI=1S/C23H25Cl2N3O3S/c1-15-4-7-19(30-2)20-21(15)32-23(26-20)28(9-3-8-27-10-12-31-13-11-27)22(29)17-6-5-16(24)14-18(17)25/h4-7,14H,3,8-13H2,1-2H3. The van der Waals surface area contributed by atoms with E-state index in [-0.39, 0.29) is 5.91 Å². The van der Waals surface area contributed by atoms with E-state index in [0.29, 0.717) is 33.0 Å². The molecule has 170 valence electrons. The summed E-state index contributed by atoms with van der Waals surface area (Å²) in [6.45, 7) is 6.76. The third kappa shape index (κ3) is 5.02. The van der Waals surface area contributed by atoms with E-state index in [2.05, 4.69) is 4.90 Å².